The maximum atomic E-state index is 5.22. The smallest absolute Gasteiger partial charge is 0.243 e. The van der Waals surface area contributed by atoms with E-state index in [0.717, 1.165) is 11.3 Å². The number of rotatable bonds is 5. The fourth-order valence-electron chi connectivity index (χ4n) is 2.16. The van der Waals surface area contributed by atoms with E-state index in [9.17, 15) is 0 Å². The Morgan fingerprint density at radius 3 is 2.57 bits per heavy atom. The molecule has 0 aliphatic heterocycles. The fourth-order valence-corrected chi connectivity index (χ4v) is 2.16. The Bertz CT molecular complexity index is 756. The molecule has 7 heteroatoms. The molecule has 0 saturated heterocycles. The molecule has 0 radical (unpaired) electrons. The van der Waals surface area contributed by atoms with Crippen LogP contribution in [0.25, 0.3) is 11.5 Å². The van der Waals surface area contributed by atoms with Crippen LogP contribution in [0.1, 0.15) is 30.2 Å². The van der Waals surface area contributed by atoms with Crippen LogP contribution in [0.3, 0.4) is 0 Å². The Kier molecular flexibility index (Phi) is 4.38. The Labute approximate surface area is 134 Å². The van der Waals surface area contributed by atoms with Crippen molar-refractivity contribution in [1.29, 1.82) is 0 Å². The maximum absolute atomic E-state index is 5.22. The van der Waals surface area contributed by atoms with Crippen molar-refractivity contribution in [2.24, 2.45) is 0 Å². The van der Waals surface area contributed by atoms with Crippen molar-refractivity contribution in [3.8, 4) is 11.5 Å². The summed E-state index contributed by atoms with van der Waals surface area (Å²) in [6.45, 7) is 4.52. The topological polar surface area (TPSA) is 80.8 Å². The highest BCUT2D eigenvalue weighted by molar-refractivity contribution is 5.47. The van der Waals surface area contributed by atoms with Gasteiger partial charge in [0.15, 0.2) is 11.6 Å². The van der Waals surface area contributed by atoms with Gasteiger partial charge in [-0.3, -0.25) is 9.88 Å². The normalized spacial score (nSPS) is 12.5. The molecule has 3 heterocycles. The van der Waals surface area contributed by atoms with Crippen LogP contribution in [-0.4, -0.2) is 37.0 Å². The van der Waals surface area contributed by atoms with Crippen LogP contribution in [0.15, 0.2) is 41.3 Å². The van der Waals surface area contributed by atoms with Gasteiger partial charge in [0, 0.05) is 30.7 Å². The lowest BCUT2D eigenvalue weighted by Crippen LogP contribution is -2.22. The molecule has 0 unspecified atom stereocenters. The highest BCUT2D eigenvalue weighted by Crippen LogP contribution is 2.19. The second kappa shape index (κ2) is 6.62. The summed E-state index contributed by atoms with van der Waals surface area (Å²) in [6.07, 6.45) is 5.37. The first kappa shape index (κ1) is 15.2. The quantitative estimate of drug-likeness (QED) is 0.715. The lowest BCUT2D eigenvalue weighted by atomic mass is 10.2. The first-order valence-electron chi connectivity index (χ1n) is 7.36. The summed E-state index contributed by atoms with van der Waals surface area (Å²) in [6, 6.07) is 5.70. The second-order valence-electron chi connectivity index (χ2n) is 5.40. The fraction of sp³-hybridized carbons (Fsp3) is 0.312. The van der Waals surface area contributed by atoms with Gasteiger partial charge in [0.05, 0.1) is 6.04 Å². The third kappa shape index (κ3) is 3.57. The summed E-state index contributed by atoms with van der Waals surface area (Å²) in [5.74, 6) is 1.87. The van der Waals surface area contributed by atoms with Gasteiger partial charge in [0.2, 0.25) is 5.89 Å². The lowest BCUT2D eigenvalue weighted by molar-refractivity contribution is 0.202. The number of hydrogen-bond acceptors (Lipinski definition) is 7. The predicted molar refractivity (Wildman–Crippen MR) is 84.2 cm³/mol. The van der Waals surface area contributed by atoms with Gasteiger partial charge in [-0.1, -0.05) is 11.2 Å². The molecule has 0 aliphatic rings. The number of aromatic nitrogens is 5. The molecule has 23 heavy (non-hydrogen) atoms. The van der Waals surface area contributed by atoms with Crippen molar-refractivity contribution in [2.75, 3.05) is 7.05 Å². The third-order valence-corrected chi connectivity index (χ3v) is 3.59. The minimum Gasteiger partial charge on any atom is -0.338 e. The Balaban J connectivity index is 1.68. The molecule has 0 bridgehead atoms. The largest absolute Gasteiger partial charge is 0.338 e. The average Bonchev–Trinajstić information content (AvgIpc) is 3.02. The summed E-state index contributed by atoms with van der Waals surface area (Å²) < 4.78 is 5.22. The Hall–Kier alpha value is -2.67. The minimum absolute atomic E-state index is 0.0201. The molecule has 0 spiro atoms. The zero-order valence-electron chi connectivity index (χ0n) is 13.3. The minimum atomic E-state index is 0.0201. The Morgan fingerprint density at radius 1 is 1.17 bits per heavy atom. The predicted octanol–water partition coefficient (Wildman–Crippen LogP) is 2.42. The van der Waals surface area contributed by atoms with E-state index in [1.165, 1.54) is 0 Å². The second-order valence-corrected chi connectivity index (χ2v) is 5.40. The van der Waals surface area contributed by atoms with Crippen LogP contribution >= 0.6 is 0 Å². The van der Waals surface area contributed by atoms with Crippen LogP contribution in [0.5, 0.6) is 0 Å². The molecule has 0 fully saturated rings. The van der Waals surface area contributed by atoms with Crippen molar-refractivity contribution in [3.63, 3.8) is 0 Å². The standard InChI is InChI=1S/C16H18N6O/c1-11(16-20-12(2)21-23-16)22(3)10-13-8-18-15(19-9-13)14-6-4-5-7-17-14/h4-9,11H,10H2,1-3H3/t11-/m0/s1. The molecule has 0 aromatic carbocycles. The first-order valence-corrected chi connectivity index (χ1v) is 7.36. The van der Waals surface area contributed by atoms with Crippen molar-refractivity contribution in [1.82, 2.24) is 30.0 Å². The monoisotopic (exact) mass is 310 g/mol. The van der Waals surface area contributed by atoms with Crippen molar-refractivity contribution >= 4 is 0 Å². The summed E-state index contributed by atoms with van der Waals surface area (Å²) in [7, 11) is 2.00. The molecule has 0 saturated carbocycles. The average molecular weight is 310 g/mol. The summed E-state index contributed by atoms with van der Waals surface area (Å²) in [4.78, 5) is 19.4. The number of hydrogen-bond donors (Lipinski definition) is 0. The molecular weight excluding hydrogens is 292 g/mol. The van der Waals surface area contributed by atoms with Gasteiger partial charge >= 0.3 is 0 Å². The highest BCUT2D eigenvalue weighted by Gasteiger charge is 2.18. The molecule has 3 aromatic rings. The summed E-state index contributed by atoms with van der Waals surface area (Å²) in [5, 5.41) is 3.83. The number of nitrogens with zero attached hydrogens (tertiary/aromatic N) is 6. The van der Waals surface area contributed by atoms with E-state index in [1.807, 2.05) is 51.5 Å². The van der Waals surface area contributed by atoms with E-state index in [-0.39, 0.29) is 6.04 Å². The van der Waals surface area contributed by atoms with Gasteiger partial charge in [0.25, 0.3) is 0 Å². The molecule has 3 rings (SSSR count). The van der Waals surface area contributed by atoms with E-state index in [1.54, 1.807) is 6.20 Å². The van der Waals surface area contributed by atoms with Gasteiger partial charge in [-0.25, -0.2) is 9.97 Å². The third-order valence-electron chi connectivity index (χ3n) is 3.59. The highest BCUT2D eigenvalue weighted by atomic mass is 16.5. The molecular formula is C16H18N6O. The zero-order valence-corrected chi connectivity index (χ0v) is 13.3. The zero-order chi connectivity index (χ0) is 16.2. The van der Waals surface area contributed by atoms with Crippen LogP contribution in [0, 0.1) is 6.92 Å². The van der Waals surface area contributed by atoms with E-state index in [4.69, 9.17) is 4.52 Å². The van der Waals surface area contributed by atoms with E-state index in [2.05, 4.69) is 30.0 Å². The van der Waals surface area contributed by atoms with E-state index >= 15 is 0 Å². The summed E-state index contributed by atoms with van der Waals surface area (Å²) >= 11 is 0. The van der Waals surface area contributed by atoms with Crippen LogP contribution in [0.2, 0.25) is 0 Å². The van der Waals surface area contributed by atoms with Crippen LogP contribution in [0.4, 0.5) is 0 Å². The van der Waals surface area contributed by atoms with Gasteiger partial charge in [-0.2, -0.15) is 4.98 Å². The molecule has 3 aromatic heterocycles. The molecule has 118 valence electrons. The molecule has 0 aliphatic carbocycles. The summed E-state index contributed by atoms with van der Waals surface area (Å²) in [5.41, 5.74) is 1.78. The SMILES string of the molecule is Cc1noc([C@H](C)N(C)Cc2cnc(-c3ccccn3)nc2)n1. The Morgan fingerprint density at radius 2 is 1.96 bits per heavy atom. The van der Waals surface area contributed by atoms with Crippen molar-refractivity contribution in [3.05, 3.63) is 54.1 Å². The van der Waals surface area contributed by atoms with E-state index < -0.39 is 0 Å². The maximum Gasteiger partial charge on any atom is 0.243 e. The van der Waals surface area contributed by atoms with Gasteiger partial charge < -0.3 is 4.52 Å². The number of aryl methyl sites for hydroxylation is 1. The van der Waals surface area contributed by atoms with Gasteiger partial charge in [0.1, 0.15) is 5.69 Å². The van der Waals surface area contributed by atoms with Crippen LogP contribution in [-0.2, 0) is 6.54 Å². The van der Waals surface area contributed by atoms with Gasteiger partial charge in [-0.15, -0.1) is 0 Å². The number of pyridine rings is 1. The van der Waals surface area contributed by atoms with Crippen LogP contribution < -0.4 is 0 Å². The molecule has 0 N–H and O–H groups in total. The van der Waals surface area contributed by atoms with E-state index in [0.29, 0.717) is 24.1 Å². The molecule has 7 nitrogen and oxygen atoms in total. The van der Waals surface area contributed by atoms with Crippen molar-refractivity contribution < 1.29 is 4.52 Å². The molecule has 1 atom stereocenters. The first-order chi connectivity index (χ1) is 11.1. The van der Waals surface area contributed by atoms with Gasteiger partial charge in [-0.05, 0) is 33.0 Å². The molecule has 0 amide bonds. The lowest BCUT2D eigenvalue weighted by Gasteiger charge is -2.21. The van der Waals surface area contributed by atoms with Crippen molar-refractivity contribution in [2.45, 2.75) is 26.4 Å².